The Morgan fingerprint density at radius 1 is 1.06 bits per heavy atom. The minimum atomic E-state index is -0.724. The van der Waals surface area contributed by atoms with Gasteiger partial charge in [0.15, 0.2) is 17.4 Å². The molecule has 1 amide bonds. The molecule has 2 N–H and O–H groups in total. The van der Waals surface area contributed by atoms with Gasteiger partial charge in [0.2, 0.25) is 11.9 Å². The summed E-state index contributed by atoms with van der Waals surface area (Å²) in [5, 5.41) is 5.57. The zero-order valence-corrected chi connectivity index (χ0v) is 19.8. The summed E-state index contributed by atoms with van der Waals surface area (Å²) in [5.74, 6) is -1.87. The van der Waals surface area contributed by atoms with Gasteiger partial charge in [-0.15, -0.1) is 0 Å². The number of hydrogen-bond acceptors (Lipinski definition) is 7. The van der Waals surface area contributed by atoms with Crippen LogP contribution in [0.4, 0.5) is 36.2 Å². The molecule has 0 atom stereocenters. The number of ether oxygens (including phenoxy) is 1. The second-order valence-corrected chi connectivity index (χ2v) is 8.89. The number of nitrogens with zero attached hydrogens (tertiary/aromatic N) is 4. The molecule has 2 aliphatic rings. The van der Waals surface area contributed by atoms with Crippen molar-refractivity contribution in [2.45, 2.75) is 19.9 Å². The van der Waals surface area contributed by atoms with Gasteiger partial charge in [0.05, 0.1) is 30.7 Å². The van der Waals surface area contributed by atoms with Crippen molar-refractivity contribution in [3.05, 3.63) is 54.0 Å². The first-order valence-corrected chi connectivity index (χ1v) is 11.6. The molecule has 0 aliphatic carbocycles. The van der Waals surface area contributed by atoms with Crippen LogP contribution in [0.25, 0.3) is 11.3 Å². The third-order valence-electron chi connectivity index (χ3n) is 6.14. The van der Waals surface area contributed by atoms with Gasteiger partial charge in [-0.25, -0.2) is 23.1 Å². The van der Waals surface area contributed by atoms with Gasteiger partial charge in [0, 0.05) is 30.4 Å². The van der Waals surface area contributed by atoms with E-state index >= 15 is 0 Å². The number of carbonyl (C=O) groups is 1. The molecule has 2 aliphatic heterocycles. The van der Waals surface area contributed by atoms with E-state index in [2.05, 4.69) is 20.6 Å². The Hall–Kier alpha value is -4.02. The Morgan fingerprint density at radius 2 is 1.89 bits per heavy atom. The molecule has 11 heteroatoms. The molecule has 1 saturated heterocycles. The molecule has 188 valence electrons. The number of amides is 1. The summed E-state index contributed by atoms with van der Waals surface area (Å²) in [6, 6.07) is 7.35. The lowest BCUT2D eigenvalue weighted by molar-refractivity contribution is -0.120. The van der Waals surface area contributed by atoms with E-state index < -0.39 is 17.5 Å². The van der Waals surface area contributed by atoms with Crippen LogP contribution < -0.4 is 25.2 Å². The van der Waals surface area contributed by atoms with Gasteiger partial charge >= 0.3 is 0 Å². The van der Waals surface area contributed by atoms with E-state index in [1.165, 1.54) is 12.1 Å². The normalized spacial score (nSPS) is 15.4. The van der Waals surface area contributed by atoms with E-state index in [-0.39, 0.29) is 41.4 Å². The molecule has 5 rings (SSSR count). The Balaban J connectivity index is 1.43. The quantitative estimate of drug-likeness (QED) is 0.553. The summed E-state index contributed by atoms with van der Waals surface area (Å²) in [4.78, 5) is 23.5. The van der Waals surface area contributed by atoms with E-state index in [1.807, 2.05) is 18.7 Å². The first-order chi connectivity index (χ1) is 17.3. The second-order valence-electron chi connectivity index (χ2n) is 8.89. The zero-order valence-electron chi connectivity index (χ0n) is 19.8. The van der Waals surface area contributed by atoms with Gasteiger partial charge in [-0.3, -0.25) is 4.79 Å². The second kappa shape index (κ2) is 9.56. The lowest BCUT2D eigenvalue weighted by atomic mass is 10.1. The number of nitrogens with one attached hydrogen (secondary N) is 2. The maximum absolute atomic E-state index is 14.9. The van der Waals surface area contributed by atoms with Crippen LogP contribution in [0.15, 0.2) is 36.5 Å². The molecule has 3 heterocycles. The lowest BCUT2D eigenvalue weighted by Gasteiger charge is -2.34. The van der Waals surface area contributed by atoms with Crippen molar-refractivity contribution in [1.29, 1.82) is 0 Å². The molecule has 1 fully saturated rings. The van der Waals surface area contributed by atoms with Crippen LogP contribution >= 0.6 is 0 Å². The summed E-state index contributed by atoms with van der Waals surface area (Å²) in [5.41, 5.74) is 1.31. The average Bonchev–Trinajstić information content (AvgIpc) is 2.85. The van der Waals surface area contributed by atoms with Crippen LogP contribution in [0.5, 0.6) is 5.75 Å². The number of anilines is 4. The fourth-order valence-electron chi connectivity index (χ4n) is 4.42. The third-order valence-corrected chi connectivity index (χ3v) is 6.14. The van der Waals surface area contributed by atoms with Gasteiger partial charge in [-0.05, 0) is 44.2 Å². The van der Waals surface area contributed by atoms with E-state index in [1.54, 1.807) is 23.1 Å². The molecule has 0 bridgehead atoms. The molecular formula is C25H25F3N6O2. The number of hydrogen-bond donors (Lipinski definition) is 2. The van der Waals surface area contributed by atoms with Crippen LogP contribution in [0, 0.1) is 17.5 Å². The maximum atomic E-state index is 14.9. The summed E-state index contributed by atoms with van der Waals surface area (Å²) >= 11 is 0. The first-order valence-electron chi connectivity index (χ1n) is 11.6. The minimum Gasteiger partial charge on any atom is -0.486 e. The number of halogens is 3. The molecule has 8 nitrogen and oxygen atoms in total. The average molecular weight is 499 g/mol. The van der Waals surface area contributed by atoms with Crippen LogP contribution in [-0.2, 0) is 4.79 Å². The molecule has 2 aromatic carbocycles. The minimum absolute atomic E-state index is 0.0194. The van der Waals surface area contributed by atoms with Crippen molar-refractivity contribution >= 4 is 28.9 Å². The SMILES string of the molecule is CC(C)N1CCOc2c(F)cc(-c3nc(Nc4ccc(N5CCNC(=O)C5)c(F)c4)ncc3F)cc21. The van der Waals surface area contributed by atoms with Gasteiger partial charge < -0.3 is 25.2 Å². The smallest absolute Gasteiger partial charge is 0.239 e. The molecule has 3 aromatic rings. The van der Waals surface area contributed by atoms with Crippen molar-refractivity contribution in [2.24, 2.45) is 0 Å². The molecule has 0 radical (unpaired) electrons. The summed E-state index contributed by atoms with van der Waals surface area (Å²) < 4.78 is 50.0. The van der Waals surface area contributed by atoms with Crippen LogP contribution in [-0.4, -0.2) is 54.7 Å². The van der Waals surface area contributed by atoms with E-state index in [9.17, 15) is 18.0 Å². The summed E-state index contributed by atoms with van der Waals surface area (Å²) in [6.45, 7) is 5.92. The first kappa shape index (κ1) is 23.7. The summed E-state index contributed by atoms with van der Waals surface area (Å²) in [7, 11) is 0. The highest BCUT2D eigenvalue weighted by atomic mass is 19.1. The maximum Gasteiger partial charge on any atom is 0.239 e. The largest absolute Gasteiger partial charge is 0.486 e. The molecular weight excluding hydrogens is 473 g/mol. The Labute approximate surface area is 206 Å². The number of aromatic nitrogens is 2. The van der Waals surface area contributed by atoms with E-state index in [0.29, 0.717) is 43.3 Å². The number of carbonyl (C=O) groups excluding carboxylic acids is 1. The van der Waals surface area contributed by atoms with Crippen LogP contribution in [0.3, 0.4) is 0 Å². The fraction of sp³-hybridized carbons (Fsp3) is 0.320. The van der Waals surface area contributed by atoms with E-state index in [0.717, 1.165) is 6.20 Å². The number of benzene rings is 2. The third kappa shape index (κ3) is 4.60. The predicted molar refractivity (Wildman–Crippen MR) is 130 cm³/mol. The molecule has 36 heavy (non-hydrogen) atoms. The Morgan fingerprint density at radius 3 is 2.64 bits per heavy atom. The number of fused-ring (bicyclic) bond motifs is 1. The van der Waals surface area contributed by atoms with Gasteiger partial charge in [-0.2, -0.15) is 0 Å². The molecule has 0 unspecified atom stereocenters. The molecule has 1 aromatic heterocycles. The highest BCUT2D eigenvalue weighted by Gasteiger charge is 2.26. The Bertz CT molecular complexity index is 1320. The van der Waals surface area contributed by atoms with Gasteiger partial charge in [-0.1, -0.05) is 0 Å². The van der Waals surface area contributed by atoms with Crippen molar-refractivity contribution in [2.75, 3.05) is 47.9 Å². The monoisotopic (exact) mass is 498 g/mol. The van der Waals surface area contributed by atoms with Crippen LogP contribution in [0.1, 0.15) is 13.8 Å². The number of piperazine rings is 1. The van der Waals surface area contributed by atoms with Crippen LogP contribution in [0.2, 0.25) is 0 Å². The van der Waals surface area contributed by atoms with Gasteiger partial charge in [0.25, 0.3) is 0 Å². The predicted octanol–water partition coefficient (Wildman–Crippen LogP) is 3.85. The molecule has 0 spiro atoms. The lowest BCUT2D eigenvalue weighted by Crippen LogP contribution is -2.48. The standard InChI is InChI=1S/C25H25F3N6O2/c1-14(2)34-7-8-36-24-18(27)9-15(10-21(24)34)23-19(28)12-30-25(32-23)31-16-3-4-20(17(26)11-16)33-6-5-29-22(35)13-33/h3-4,9-12,14H,5-8,13H2,1-2H3,(H,29,35)(H,30,31,32). The highest BCUT2D eigenvalue weighted by molar-refractivity contribution is 5.83. The van der Waals surface area contributed by atoms with Crippen molar-refractivity contribution in [3.8, 4) is 17.0 Å². The molecule has 0 saturated carbocycles. The topological polar surface area (TPSA) is 82.6 Å². The number of rotatable bonds is 5. The van der Waals surface area contributed by atoms with Gasteiger partial charge in [0.1, 0.15) is 18.1 Å². The van der Waals surface area contributed by atoms with E-state index in [4.69, 9.17) is 4.74 Å². The fourth-order valence-corrected chi connectivity index (χ4v) is 4.42. The highest BCUT2D eigenvalue weighted by Crippen LogP contribution is 2.39. The zero-order chi connectivity index (χ0) is 25.4. The summed E-state index contributed by atoms with van der Waals surface area (Å²) in [6.07, 6.45) is 0.982. The van der Waals surface area contributed by atoms with Crippen molar-refractivity contribution in [3.63, 3.8) is 0 Å². The van der Waals surface area contributed by atoms with Crippen molar-refractivity contribution < 1.29 is 22.7 Å². The Kier molecular flexibility index (Phi) is 6.29. The van der Waals surface area contributed by atoms with Crippen molar-refractivity contribution in [1.82, 2.24) is 15.3 Å².